The summed E-state index contributed by atoms with van der Waals surface area (Å²) in [6.07, 6.45) is 0. The number of aryl methyl sites for hydroxylation is 2. The molecule has 0 unspecified atom stereocenters. The van der Waals surface area contributed by atoms with Gasteiger partial charge in [-0.3, -0.25) is 0 Å². The average molecular weight is 397 g/mol. The van der Waals surface area contributed by atoms with E-state index in [1.54, 1.807) is 0 Å². The van der Waals surface area contributed by atoms with Gasteiger partial charge in [-0.15, -0.1) is 0 Å². The van der Waals surface area contributed by atoms with Crippen molar-refractivity contribution >= 4 is 27.5 Å². The van der Waals surface area contributed by atoms with Gasteiger partial charge >= 0.3 is 0 Å². The minimum absolute atomic E-state index is 0.475. The molecule has 1 heterocycles. The Morgan fingerprint density at radius 1 is 0.806 bits per heavy atom. The lowest BCUT2D eigenvalue weighted by Crippen LogP contribution is -1.99. The normalized spacial score (nSPS) is 10.8. The number of fused-ring (bicyclic) bond motifs is 3. The molecule has 31 heavy (non-hydrogen) atoms. The van der Waals surface area contributed by atoms with Crippen molar-refractivity contribution in [3.8, 4) is 22.9 Å². The van der Waals surface area contributed by atoms with E-state index in [9.17, 15) is 5.26 Å². The molecule has 0 fully saturated rings. The number of nitrogens with zero attached hydrogens (tertiary/aromatic N) is 3. The second-order valence-corrected chi connectivity index (χ2v) is 7.75. The van der Waals surface area contributed by atoms with Gasteiger partial charge in [0.05, 0.1) is 34.9 Å². The van der Waals surface area contributed by atoms with E-state index in [0.717, 1.165) is 44.1 Å². The summed E-state index contributed by atoms with van der Waals surface area (Å²) in [7, 11) is 0. The van der Waals surface area contributed by atoms with Gasteiger partial charge in [0.2, 0.25) is 5.69 Å². The number of para-hydroxylation sites is 2. The highest BCUT2D eigenvalue weighted by Gasteiger charge is 2.20. The summed E-state index contributed by atoms with van der Waals surface area (Å²) >= 11 is 0. The monoisotopic (exact) mass is 397 g/mol. The Morgan fingerprint density at radius 3 is 1.94 bits per heavy atom. The van der Waals surface area contributed by atoms with Crippen LogP contribution in [-0.2, 0) is 0 Å². The van der Waals surface area contributed by atoms with Crippen molar-refractivity contribution in [3.63, 3.8) is 0 Å². The summed E-state index contributed by atoms with van der Waals surface area (Å²) in [5, 5.41) is 12.3. The number of hydrogen-bond donors (Lipinski definition) is 0. The molecule has 1 aromatic heterocycles. The molecule has 4 aromatic carbocycles. The Hall–Kier alpha value is -4.34. The molecule has 3 heteroatoms. The summed E-state index contributed by atoms with van der Waals surface area (Å²) < 4.78 is 2.06. The number of aromatic nitrogens is 1. The molecule has 0 saturated carbocycles. The fourth-order valence-electron chi connectivity index (χ4n) is 4.60. The Morgan fingerprint density at radius 2 is 1.39 bits per heavy atom. The standard InChI is InChI=1S/C28H19N3/c1-18-9-8-10-19(2)27(18)20-15-21(17-29)28(24(16-20)30-3)31-25-13-6-4-11-22(25)23-12-5-7-14-26(23)31/h4-16H,1-2H3. The maximum absolute atomic E-state index is 10.1. The minimum Gasteiger partial charge on any atom is -0.318 e. The first-order valence-corrected chi connectivity index (χ1v) is 10.1. The van der Waals surface area contributed by atoms with E-state index in [2.05, 4.69) is 53.6 Å². The van der Waals surface area contributed by atoms with Crippen molar-refractivity contribution in [3.05, 3.63) is 107 Å². The molecule has 5 rings (SSSR count). The van der Waals surface area contributed by atoms with E-state index in [1.807, 2.05) is 54.6 Å². The molecule has 146 valence electrons. The lowest BCUT2D eigenvalue weighted by Gasteiger charge is -2.16. The van der Waals surface area contributed by atoms with Gasteiger partial charge in [-0.25, -0.2) is 4.85 Å². The molecule has 0 radical (unpaired) electrons. The van der Waals surface area contributed by atoms with Gasteiger partial charge in [-0.05, 0) is 60.4 Å². The molecule has 0 aliphatic heterocycles. The quantitative estimate of drug-likeness (QED) is 0.284. The summed E-state index contributed by atoms with van der Waals surface area (Å²) in [6, 6.07) is 28.6. The van der Waals surface area contributed by atoms with E-state index in [0.29, 0.717) is 16.9 Å². The van der Waals surface area contributed by atoms with Crippen LogP contribution in [0.5, 0.6) is 0 Å². The largest absolute Gasteiger partial charge is 0.318 e. The Kier molecular flexibility index (Phi) is 4.32. The van der Waals surface area contributed by atoms with Gasteiger partial charge in [-0.1, -0.05) is 54.6 Å². The number of rotatable bonds is 2. The van der Waals surface area contributed by atoms with Gasteiger partial charge < -0.3 is 4.57 Å². The van der Waals surface area contributed by atoms with E-state index >= 15 is 0 Å². The highest BCUT2D eigenvalue weighted by atomic mass is 15.0. The van der Waals surface area contributed by atoms with Gasteiger partial charge in [0, 0.05) is 10.8 Å². The van der Waals surface area contributed by atoms with Gasteiger partial charge in [0.25, 0.3) is 0 Å². The lowest BCUT2D eigenvalue weighted by atomic mass is 9.93. The molecule has 0 aliphatic rings. The third-order valence-electron chi connectivity index (χ3n) is 5.90. The van der Waals surface area contributed by atoms with Crippen molar-refractivity contribution in [1.82, 2.24) is 4.57 Å². The van der Waals surface area contributed by atoms with Crippen molar-refractivity contribution in [2.75, 3.05) is 0 Å². The van der Waals surface area contributed by atoms with Crippen LogP contribution in [0.1, 0.15) is 16.7 Å². The van der Waals surface area contributed by atoms with Crippen molar-refractivity contribution < 1.29 is 0 Å². The molecule has 0 atom stereocenters. The smallest absolute Gasteiger partial charge is 0.212 e. The summed E-state index contributed by atoms with van der Waals surface area (Å²) in [4.78, 5) is 3.87. The SMILES string of the molecule is [C-]#[N+]c1cc(-c2c(C)cccc2C)cc(C#N)c1-n1c2ccccc2c2ccccc21. The molecule has 5 aromatic rings. The number of benzene rings is 4. The zero-order valence-corrected chi connectivity index (χ0v) is 17.3. The van der Waals surface area contributed by atoms with Crippen molar-refractivity contribution in [2.45, 2.75) is 13.8 Å². The molecule has 0 saturated heterocycles. The van der Waals surface area contributed by atoms with Crippen LogP contribution in [0.4, 0.5) is 5.69 Å². The third kappa shape index (κ3) is 2.80. The van der Waals surface area contributed by atoms with Gasteiger partial charge in [0.15, 0.2) is 0 Å². The molecule has 0 aliphatic carbocycles. The predicted molar refractivity (Wildman–Crippen MR) is 127 cm³/mol. The maximum Gasteiger partial charge on any atom is 0.212 e. The van der Waals surface area contributed by atoms with Gasteiger partial charge in [0.1, 0.15) is 0 Å². The van der Waals surface area contributed by atoms with Crippen LogP contribution < -0.4 is 0 Å². The minimum atomic E-state index is 0.475. The van der Waals surface area contributed by atoms with Crippen LogP contribution in [-0.4, -0.2) is 4.57 Å². The molecular formula is C28H19N3. The summed E-state index contributed by atoms with van der Waals surface area (Å²) in [5.74, 6) is 0. The zero-order chi connectivity index (χ0) is 21.5. The second kappa shape index (κ2) is 7.17. The molecule has 3 nitrogen and oxygen atoms in total. The van der Waals surface area contributed by atoms with E-state index in [1.165, 1.54) is 0 Å². The third-order valence-corrected chi connectivity index (χ3v) is 5.90. The van der Waals surface area contributed by atoms with Crippen molar-refractivity contribution in [2.24, 2.45) is 0 Å². The second-order valence-electron chi connectivity index (χ2n) is 7.75. The highest BCUT2D eigenvalue weighted by molar-refractivity contribution is 6.10. The average Bonchev–Trinajstić information content (AvgIpc) is 3.12. The molecule has 0 amide bonds. The Bertz CT molecular complexity index is 1460. The van der Waals surface area contributed by atoms with Crippen LogP contribution >= 0.6 is 0 Å². The predicted octanol–water partition coefficient (Wildman–Crippen LogP) is 7.49. The first kappa shape index (κ1) is 18.7. The van der Waals surface area contributed by atoms with Crippen molar-refractivity contribution in [1.29, 1.82) is 5.26 Å². The van der Waals surface area contributed by atoms with Crippen LogP contribution in [0.25, 0.3) is 43.5 Å². The first-order chi connectivity index (χ1) is 15.1. The van der Waals surface area contributed by atoms with Crippen LogP contribution in [0.15, 0.2) is 78.9 Å². The summed E-state index contributed by atoms with van der Waals surface area (Å²) in [5.41, 5.74) is 7.84. The van der Waals surface area contributed by atoms with Crippen LogP contribution in [0.2, 0.25) is 0 Å². The van der Waals surface area contributed by atoms with Crippen LogP contribution in [0, 0.1) is 31.8 Å². The fraction of sp³-hybridized carbons (Fsp3) is 0.0714. The topological polar surface area (TPSA) is 33.1 Å². The van der Waals surface area contributed by atoms with Gasteiger partial charge in [-0.2, -0.15) is 5.26 Å². The lowest BCUT2D eigenvalue weighted by molar-refractivity contribution is 1.17. The molecular weight excluding hydrogens is 378 g/mol. The number of nitriles is 1. The molecule has 0 bridgehead atoms. The molecule has 0 spiro atoms. The highest BCUT2D eigenvalue weighted by Crippen LogP contribution is 2.40. The van der Waals surface area contributed by atoms with Crippen LogP contribution in [0.3, 0.4) is 0 Å². The zero-order valence-electron chi connectivity index (χ0n) is 17.3. The Balaban J connectivity index is 1.91. The first-order valence-electron chi connectivity index (χ1n) is 10.1. The fourth-order valence-corrected chi connectivity index (χ4v) is 4.60. The number of hydrogen-bond acceptors (Lipinski definition) is 1. The van der Waals surface area contributed by atoms with E-state index in [4.69, 9.17) is 6.57 Å². The van der Waals surface area contributed by atoms with E-state index in [-0.39, 0.29) is 0 Å². The maximum atomic E-state index is 10.1. The summed E-state index contributed by atoms with van der Waals surface area (Å²) in [6.45, 7) is 12.1. The Labute approximate surface area is 181 Å². The molecule has 0 N–H and O–H groups in total. The van der Waals surface area contributed by atoms with E-state index < -0.39 is 0 Å².